The van der Waals surface area contributed by atoms with Crippen molar-refractivity contribution < 1.29 is 17.9 Å². The van der Waals surface area contributed by atoms with Crippen LogP contribution >= 0.6 is 15.9 Å². The number of alkyl halides is 3. The first-order valence-electron chi connectivity index (χ1n) is 4.09. The summed E-state index contributed by atoms with van der Waals surface area (Å²) >= 11 is 2.94. The molecule has 2 N–H and O–H groups in total. The molecular formula is C8H8BrF3N2O2. The summed E-state index contributed by atoms with van der Waals surface area (Å²) in [5, 5.41) is 0. The van der Waals surface area contributed by atoms with Crippen molar-refractivity contribution in [1.82, 2.24) is 4.57 Å². The summed E-state index contributed by atoms with van der Waals surface area (Å²) in [6, 6.07) is 1.36. The molecule has 1 heterocycles. The molecule has 0 saturated heterocycles. The van der Waals surface area contributed by atoms with Gasteiger partial charge in [-0.1, -0.05) is 0 Å². The van der Waals surface area contributed by atoms with Crippen LogP contribution in [0.25, 0.3) is 0 Å². The van der Waals surface area contributed by atoms with Gasteiger partial charge in [0.05, 0.1) is 4.47 Å². The maximum absolute atomic E-state index is 11.8. The van der Waals surface area contributed by atoms with Crippen molar-refractivity contribution >= 4 is 21.6 Å². The summed E-state index contributed by atoms with van der Waals surface area (Å²) in [6.45, 7) is -1.91. The number of aromatic nitrogens is 1. The Hall–Kier alpha value is -1.02. The second-order valence-electron chi connectivity index (χ2n) is 2.99. The Bertz CT molecular complexity index is 430. The van der Waals surface area contributed by atoms with E-state index in [9.17, 15) is 18.0 Å². The first kappa shape index (κ1) is 13.0. The third kappa shape index (κ3) is 3.86. The van der Waals surface area contributed by atoms with Crippen LogP contribution in [0.15, 0.2) is 21.5 Å². The van der Waals surface area contributed by atoms with Gasteiger partial charge < -0.3 is 10.5 Å². The van der Waals surface area contributed by atoms with E-state index >= 15 is 0 Å². The lowest BCUT2D eigenvalue weighted by molar-refractivity contribution is -0.182. The number of rotatable bonds is 3. The van der Waals surface area contributed by atoms with Gasteiger partial charge in [-0.15, -0.1) is 0 Å². The van der Waals surface area contributed by atoms with Crippen molar-refractivity contribution in [2.24, 2.45) is 0 Å². The van der Waals surface area contributed by atoms with E-state index in [-0.39, 0.29) is 10.2 Å². The zero-order valence-corrected chi connectivity index (χ0v) is 9.51. The van der Waals surface area contributed by atoms with Crippen molar-refractivity contribution in [2.75, 3.05) is 12.3 Å². The van der Waals surface area contributed by atoms with Crippen molar-refractivity contribution in [3.8, 4) is 0 Å². The molecule has 1 aromatic rings. The van der Waals surface area contributed by atoms with Crippen LogP contribution in [-0.4, -0.2) is 17.4 Å². The minimum absolute atomic E-state index is 0.170. The summed E-state index contributed by atoms with van der Waals surface area (Å²) in [6.07, 6.45) is -3.20. The van der Waals surface area contributed by atoms with Crippen LogP contribution < -0.4 is 11.3 Å². The van der Waals surface area contributed by atoms with Gasteiger partial charge in [0.25, 0.3) is 5.56 Å². The maximum Gasteiger partial charge on any atom is 0.411 e. The molecule has 0 saturated carbocycles. The number of ether oxygens (including phenoxy) is 1. The number of pyridine rings is 1. The van der Waals surface area contributed by atoms with Crippen molar-refractivity contribution in [2.45, 2.75) is 12.9 Å². The molecule has 0 spiro atoms. The third-order valence-corrected chi connectivity index (χ3v) is 2.13. The summed E-state index contributed by atoms with van der Waals surface area (Å²) in [5.74, 6) is 0. The molecule has 8 heteroatoms. The summed E-state index contributed by atoms with van der Waals surface area (Å²) in [4.78, 5) is 11.4. The molecule has 4 nitrogen and oxygen atoms in total. The van der Waals surface area contributed by atoms with E-state index in [4.69, 9.17) is 5.73 Å². The molecule has 1 aromatic heterocycles. The number of hydrogen-bond donors (Lipinski definition) is 1. The van der Waals surface area contributed by atoms with Crippen molar-refractivity contribution in [3.63, 3.8) is 0 Å². The first-order chi connectivity index (χ1) is 7.29. The molecular weight excluding hydrogens is 293 g/mol. The fraction of sp³-hybridized carbons (Fsp3) is 0.375. The van der Waals surface area contributed by atoms with E-state index in [0.717, 1.165) is 4.57 Å². The van der Waals surface area contributed by atoms with Crippen LogP contribution in [0.3, 0.4) is 0 Å². The van der Waals surface area contributed by atoms with E-state index in [1.807, 2.05) is 0 Å². The van der Waals surface area contributed by atoms with Crippen LogP contribution in [0.1, 0.15) is 0 Å². The Balaban J connectivity index is 2.71. The molecule has 0 bridgehead atoms. The summed E-state index contributed by atoms with van der Waals surface area (Å²) in [5.41, 5.74) is 5.17. The van der Waals surface area contributed by atoms with Gasteiger partial charge in [-0.05, 0) is 22.0 Å². The number of halogens is 4. The molecule has 0 radical (unpaired) electrons. The van der Waals surface area contributed by atoms with Gasteiger partial charge in [0.2, 0.25) is 0 Å². The van der Waals surface area contributed by atoms with Crippen LogP contribution in [0.4, 0.5) is 18.9 Å². The van der Waals surface area contributed by atoms with E-state index in [1.54, 1.807) is 0 Å². The zero-order valence-electron chi connectivity index (χ0n) is 7.92. The predicted molar refractivity (Wildman–Crippen MR) is 54.8 cm³/mol. The fourth-order valence-corrected chi connectivity index (χ4v) is 1.47. The van der Waals surface area contributed by atoms with Gasteiger partial charge in [-0.3, -0.25) is 9.36 Å². The average molecular weight is 301 g/mol. The SMILES string of the molecule is Nc1cc(Br)c(=O)n(COCC(F)(F)F)c1. The van der Waals surface area contributed by atoms with E-state index in [1.165, 1.54) is 12.3 Å². The molecule has 0 aliphatic heterocycles. The Morgan fingerprint density at radius 1 is 1.50 bits per heavy atom. The predicted octanol–water partition coefficient (Wildman–Crippen LogP) is 1.73. The van der Waals surface area contributed by atoms with Gasteiger partial charge in [0.15, 0.2) is 0 Å². The Morgan fingerprint density at radius 3 is 2.69 bits per heavy atom. The lowest BCUT2D eigenvalue weighted by Gasteiger charge is -2.10. The molecule has 0 amide bonds. The highest BCUT2D eigenvalue weighted by atomic mass is 79.9. The van der Waals surface area contributed by atoms with Crippen LogP contribution in [0.5, 0.6) is 0 Å². The minimum atomic E-state index is -4.42. The van der Waals surface area contributed by atoms with Gasteiger partial charge in [0, 0.05) is 11.9 Å². The molecule has 0 aromatic carbocycles. The normalized spacial score (nSPS) is 11.8. The van der Waals surface area contributed by atoms with Gasteiger partial charge in [-0.2, -0.15) is 13.2 Å². The lowest BCUT2D eigenvalue weighted by Crippen LogP contribution is -2.25. The monoisotopic (exact) mass is 300 g/mol. The van der Waals surface area contributed by atoms with E-state index in [2.05, 4.69) is 20.7 Å². The highest BCUT2D eigenvalue weighted by Gasteiger charge is 2.27. The average Bonchev–Trinajstić information content (AvgIpc) is 2.11. The van der Waals surface area contributed by atoms with Gasteiger partial charge >= 0.3 is 6.18 Å². The maximum atomic E-state index is 11.8. The minimum Gasteiger partial charge on any atom is -0.398 e. The Morgan fingerprint density at radius 2 is 2.12 bits per heavy atom. The molecule has 0 unspecified atom stereocenters. The summed E-state index contributed by atoms with van der Waals surface area (Å²) < 4.78 is 40.8. The second-order valence-corrected chi connectivity index (χ2v) is 3.84. The Kier molecular flexibility index (Phi) is 3.98. The van der Waals surface area contributed by atoms with Crippen molar-refractivity contribution in [1.29, 1.82) is 0 Å². The highest BCUT2D eigenvalue weighted by Crippen LogP contribution is 2.15. The number of anilines is 1. The quantitative estimate of drug-likeness (QED) is 0.925. The molecule has 0 aliphatic carbocycles. The van der Waals surface area contributed by atoms with Crippen molar-refractivity contribution in [3.05, 3.63) is 27.1 Å². The standard InChI is InChI=1S/C8H8BrF3N2O2/c9-6-1-5(13)2-14(7(6)15)4-16-3-8(10,11)12/h1-2H,3-4,13H2. The zero-order chi connectivity index (χ0) is 12.3. The number of nitrogens with zero attached hydrogens (tertiary/aromatic N) is 1. The molecule has 90 valence electrons. The second kappa shape index (κ2) is 4.88. The molecule has 16 heavy (non-hydrogen) atoms. The van der Waals surface area contributed by atoms with Crippen LogP contribution in [0.2, 0.25) is 0 Å². The first-order valence-corrected chi connectivity index (χ1v) is 4.89. The topological polar surface area (TPSA) is 57.2 Å². The van der Waals surface area contributed by atoms with Gasteiger partial charge in [-0.25, -0.2) is 0 Å². The molecule has 0 fully saturated rings. The smallest absolute Gasteiger partial charge is 0.398 e. The molecule has 0 atom stereocenters. The Labute approximate surface area is 96.9 Å². The fourth-order valence-electron chi connectivity index (χ4n) is 0.977. The lowest BCUT2D eigenvalue weighted by atomic mass is 10.4. The largest absolute Gasteiger partial charge is 0.411 e. The number of nitrogen functional groups attached to an aromatic ring is 1. The van der Waals surface area contributed by atoms with Gasteiger partial charge in [0.1, 0.15) is 13.3 Å². The van der Waals surface area contributed by atoms with E-state index in [0.29, 0.717) is 0 Å². The molecule has 0 aliphatic rings. The van der Waals surface area contributed by atoms with Crippen LogP contribution in [-0.2, 0) is 11.5 Å². The number of nitrogens with two attached hydrogens (primary N) is 1. The number of hydrogen-bond acceptors (Lipinski definition) is 3. The molecule has 1 rings (SSSR count). The summed E-state index contributed by atoms with van der Waals surface area (Å²) in [7, 11) is 0. The van der Waals surface area contributed by atoms with Crippen LogP contribution in [0, 0.1) is 0 Å². The van der Waals surface area contributed by atoms with E-state index < -0.39 is 25.1 Å². The third-order valence-electron chi connectivity index (χ3n) is 1.56. The highest BCUT2D eigenvalue weighted by molar-refractivity contribution is 9.10.